The van der Waals surface area contributed by atoms with E-state index < -0.39 is 12.7 Å². The number of hydrogen-bond donors (Lipinski definition) is 1. The third-order valence-electron chi connectivity index (χ3n) is 2.81. The molecule has 1 saturated heterocycles. The minimum Gasteiger partial charge on any atom is -0.317 e. The third-order valence-corrected chi connectivity index (χ3v) is 2.81. The standard InChI is InChI=1S/C10H14F3N3/c11-10(12,13)7-16-6-9(5-15-16)8-1-3-14-4-2-8/h5-6,8,14H,1-4,7H2. The molecule has 0 amide bonds. The van der Waals surface area contributed by atoms with Crippen LogP contribution in [-0.4, -0.2) is 29.0 Å². The fourth-order valence-corrected chi connectivity index (χ4v) is 2.02. The summed E-state index contributed by atoms with van der Waals surface area (Å²) in [6, 6.07) is 0. The summed E-state index contributed by atoms with van der Waals surface area (Å²) < 4.78 is 37.3. The smallest absolute Gasteiger partial charge is 0.317 e. The molecule has 1 aliphatic heterocycles. The molecule has 0 aromatic carbocycles. The van der Waals surface area contributed by atoms with Crippen molar-refractivity contribution < 1.29 is 13.2 Å². The van der Waals surface area contributed by atoms with E-state index in [-0.39, 0.29) is 0 Å². The van der Waals surface area contributed by atoms with Crippen LogP contribution in [0.1, 0.15) is 24.3 Å². The predicted molar refractivity (Wildman–Crippen MR) is 53.1 cm³/mol. The molecule has 0 bridgehead atoms. The molecule has 2 heterocycles. The average Bonchev–Trinajstić information content (AvgIpc) is 2.65. The maximum atomic E-state index is 12.1. The first-order valence-corrected chi connectivity index (χ1v) is 5.34. The number of hydrogen-bond acceptors (Lipinski definition) is 2. The van der Waals surface area contributed by atoms with Crippen LogP contribution in [0.4, 0.5) is 13.2 Å². The van der Waals surface area contributed by atoms with Crippen molar-refractivity contribution in [1.82, 2.24) is 15.1 Å². The molecule has 3 nitrogen and oxygen atoms in total. The van der Waals surface area contributed by atoms with Gasteiger partial charge in [0.1, 0.15) is 6.54 Å². The number of nitrogens with zero attached hydrogens (tertiary/aromatic N) is 2. The number of nitrogens with one attached hydrogen (secondary N) is 1. The van der Waals surface area contributed by atoms with E-state index in [0.717, 1.165) is 36.2 Å². The van der Waals surface area contributed by atoms with Crippen molar-refractivity contribution in [3.05, 3.63) is 18.0 Å². The number of alkyl halides is 3. The van der Waals surface area contributed by atoms with Crippen molar-refractivity contribution >= 4 is 0 Å². The topological polar surface area (TPSA) is 29.9 Å². The van der Waals surface area contributed by atoms with Gasteiger partial charge < -0.3 is 5.32 Å². The summed E-state index contributed by atoms with van der Waals surface area (Å²) in [7, 11) is 0. The Morgan fingerprint density at radius 2 is 2.06 bits per heavy atom. The van der Waals surface area contributed by atoms with Gasteiger partial charge in [0.2, 0.25) is 0 Å². The summed E-state index contributed by atoms with van der Waals surface area (Å²) in [5.41, 5.74) is 0.922. The van der Waals surface area contributed by atoms with Gasteiger partial charge in [-0.05, 0) is 37.4 Å². The fraction of sp³-hybridized carbons (Fsp3) is 0.700. The zero-order valence-corrected chi connectivity index (χ0v) is 8.80. The highest BCUT2D eigenvalue weighted by molar-refractivity contribution is 5.12. The van der Waals surface area contributed by atoms with E-state index in [1.54, 1.807) is 6.20 Å². The van der Waals surface area contributed by atoms with E-state index >= 15 is 0 Å². The van der Waals surface area contributed by atoms with Crippen LogP contribution < -0.4 is 5.32 Å². The molecule has 90 valence electrons. The van der Waals surface area contributed by atoms with Crippen LogP contribution in [0.25, 0.3) is 0 Å². The molecule has 6 heteroatoms. The van der Waals surface area contributed by atoms with Gasteiger partial charge >= 0.3 is 6.18 Å². The lowest BCUT2D eigenvalue weighted by atomic mass is 9.93. The molecular formula is C10H14F3N3. The summed E-state index contributed by atoms with van der Waals surface area (Å²) in [4.78, 5) is 0. The number of piperidine rings is 1. The minimum atomic E-state index is -4.20. The molecular weight excluding hydrogens is 219 g/mol. The monoisotopic (exact) mass is 233 g/mol. The second-order valence-corrected chi connectivity index (χ2v) is 4.11. The van der Waals surface area contributed by atoms with Crippen molar-refractivity contribution in [1.29, 1.82) is 0 Å². The van der Waals surface area contributed by atoms with Gasteiger partial charge in [-0.25, -0.2) is 0 Å². The average molecular weight is 233 g/mol. The Bertz CT molecular complexity index is 339. The van der Waals surface area contributed by atoms with Gasteiger partial charge in [0.15, 0.2) is 0 Å². The largest absolute Gasteiger partial charge is 0.408 e. The van der Waals surface area contributed by atoms with E-state index in [1.807, 2.05) is 0 Å². The van der Waals surface area contributed by atoms with Gasteiger partial charge in [-0.15, -0.1) is 0 Å². The molecule has 0 atom stereocenters. The first-order chi connectivity index (χ1) is 7.54. The first-order valence-electron chi connectivity index (χ1n) is 5.34. The lowest BCUT2D eigenvalue weighted by molar-refractivity contribution is -0.142. The highest BCUT2D eigenvalue weighted by Crippen LogP contribution is 2.25. The van der Waals surface area contributed by atoms with Crippen LogP contribution in [0.3, 0.4) is 0 Å². The second-order valence-electron chi connectivity index (χ2n) is 4.11. The molecule has 1 fully saturated rings. The first kappa shape index (κ1) is 11.4. The SMILES string of the molecule is FC(F)(F)Cn1cc(C2CCNCC2)cn1. The Balaban J connectivity index is 2.01. The van der Waals surface area contributed by atoms with Crippen molar-refractivity contribution in [3.8, 4) is 0 Å². The van der Waals surface area contributed by atoms with E-state index in [2.05, 4.69) is 10.4 Å². The predicted octanol–water partition coefficient (Wildman–Crippen LogP) is 1.91. The second kappa shape index (κ2) is 4.45. The van der Waals surface area contributed by atoms with Gasteiger partial charge in [0, 0.05) is 6.20 Å². The van der Waals surface area contributed by atoms with Gasteiger partial charge in [-0.2, -0.15) is 18.3 Å². The fourth-order valence-electron chi connectivity index (χ4n) is 2.02. The lowest BCUT2D eigenvalue weighted by Crippen LogP contribution is -2.26. The Morgan fingerprint density at radius 1 is 1.38 bits per heavy atom. The molecule has 0 radical (unpaired) electrons. The van der Waals surface area contributed by atoms with Crippen molar-refractivity contribution in [3.63, 3.8) is 0 Å². The molecule has 16 heavy (non-hydrogen) atoms. The molecule has 1 aromatic rings. The summed E-state index contributed by atoms with van der Waals surface area (Å²) in [5.74, 6) is 0.350. The highest BCUT2D eigenvalue weighted by Gasteiger charge is 2.28. The molecule has 0 spiro atoms. The van der Waals surface area contributed by atoms with Crippen molar-refractivity contribution in [2.24, 2.45) is 0 Å². The summed E-state index contributed by atoms with van der Waals surface area (Å²) in [5, 5.41) is 6.98. The van der Waals surface area contributed by atoms with E-state index in [0.29, 0.717) is 5.92 Å². The van der Waals surface area contributed by atoms with Gasteiger partial charge in [-0.1, -0.05) is 0 Å². The van der Waals surface area contributed by atoms with Crippen LogP contribution in [0.5, 0.6) is 0 Å². The lowest BCUT2D eigenvalue weighted by Gasteiger charge is -2.21. The zero-order valence-electron chi connectivity index (χ0n) is 8.80. The Morgan fingerprint density at radius 3 is 2.69 bits per heavy atom. The van der Waals surface area contributed by atoms with Crippen LogP contribution >= 0.6 is 0 Å². The van der Waals surface area contributed by atoms with Gasteiger partial charge in [0.05, 0.1) is 6.20 Å². The van der Waals surface area contributed by atoms with E-state index in [4.69, 9.17) is 0 Å². The minimum absolute atomic E-state index is 0.350. The number of aromatic nitrogens is 2. The molecule has 0 aliphatic carbocycles. The van der Waals surface area contributed by atoms with Crippen LogP contribution in [-0.2, 0) is 6.54 Å². The Hall–Kier alpha value is -1.04. The van der Waals surface area contributed by atoms with Crippen LogP contribution in [0.15, 0.2) is 12.4 Å². The number of rotatable bonds is 2. The molecule has 0 unspecified atom stereocenters. The molecule has 1 N–H and O–H groups in total. The summed E-state index contributed by atoms with van der Waals surface area (Å²) in [6.07, 6.45) is 0.817. The highest BCUT2D eigenvalue weighted by atomic mass is 19.4. The normalized spacial score (nSPS) is 18.9. The quantitative estimate of drug-likeness (QED) is 0.845. The van der Waals surface area contributed by atoms with Crippen LogP contribution in [0.2, 0.25) is 0 Å². The summed E-state index contributed by atoms with van der Waals surface area (Å²) in [6.45, 7) is 0.849. The molecule has 1 aliphatic rings. The van der Waals surface area contributed by atoms with E-state index in [9.17, 15) is 13.2 Å². The third kappa shape index (κ3) is 2.98. The Kier molecular flexibility index (Phi) is 3.18. The zero-order chi connectivity index (χ0) is 11.6. The Labute approximate surface area is 91.6 Å². The number of halogens is 3. The van der Waals surface area contributed by atoms with Crippen molar-refractivity contribution in [2.75, 3.05) is 13.1 Å². The van der Waals surface area contributed by atoms with Gasteiger partial charge in [-0.3, -0.25) is 4.68 Å². The maximum absolute atomic E-state index is 12.1. The maximum Gasteiger partial charge on any atom is 0.408 e. The van der Waals surface area contributed by atoms with Crippen molar-refractivity contribution in [2.45, 2.75) is 31.5 Å². The summed E-state index contributed by atoms with van der Waals surface area (Å²) >= 11 is 0. The van der Waals surface area contributed by atoms with E-state index in [1.165, 1.54) is 6.20 Å². The van der Waals surface area contributed by atoms with Gasteiger partial charge in [0.25, 0.3) is 0 Å². The van der Waals surface area contributed by atoms with Crippen LogP contribution in [0, 0.1) is 0 Å². The molecule has 0 saturated carbocycles. The molecule has 1 aromatic heterocycles. The molecule has 2 rings (SSSR count).